The number of nitrogens with zero attached hydrogens (tertiary/aromatic N) is 2. The highest BCUT2D eigenvalue weighted by molar-refractivity contribution is 6.06. The number of piperidine rings is 1. The number of ether oxygens (including phenoxy) is 2. The van der Waals surface area contributed by atoms with E-state index in [9.17, 15) is 24.0 Å². The van der Waals surface area contributed by atoms with Gasteiger partial charge in [0.15, 0.2) is 12.9 Å². The zero-order valence-electron chi connectivity index (χ0n) is 18.5. The SMILES string of the molecule is CCC(C)(C)OC(=O)COc1cccc(C(=O)N(C)C2CCC(=O)N(C)C2=O)c1C=O. The zero-order chi connectivity index (χ0) is 23.3. The fourth-order valence-corrected chi connectivity index (χ4v) is 3.11. The summed E-state index contributed by atoms with van der Waals surface area (Å²) in [5.74, 6) is -1.89. The van der Waals surface area contributed by atoms with Gasteiger partial charge in [-0.2, -0.15) is 0 Å². The predicted molar refractivity (Wildman–Crippen MR) is 111 cm³/mol. The summed E-state index contributed by atoms with van der Waals surface area (Å²) in [5, 5.41) is 0. The van der Waals surface area contributed by atoms with Gasteiger partial charge in [-0.15, -0.1) is 0 Å². The number of esters is 1. The number of rotatable bonds is 8. The van der Waals surface area contributed by atoms with Gasteiger partial charge in [0.25, 0.3) is 11.8 Å². The van der Waals surface area contributed by atoms with Gasteiger partial charge in [0.2, 0.25) is 5.91 Å². The van der Waals surface area contributed by atoms with Gasteiger partial charge in [0, 0.05) is 20.5 Å². The maximum Gasteiger partial charge on any atom is 0.344 e. The minimum atomic E-state index is -0.814. The quantitative estimate of drug-likeness (QED) is 0.350. The van der Waals surface area contributed by atoms with Crippen LogP contribution in [0.4, 0.5) is 0 Å². The van der Waals surface area contributed by atoms with Crippen molar-refractivity contribution in [1.29, 1.82) is 0 Å². The van der Waals surface area contributed by atoms with E-state index in [2.05, 4.69) is 0 Å². The molecule has 9 heteroatoms. The minimum absolute atomic E-state index is 0.0320. The number of hydrogen-bond acceptors (Lipinski definition) is 7. The van der Waals surface area contributed by atoms with Crippen molar-refractivity contribution in [2.45, 2.75) is 51.7 Å². The fourth-order valence-electron chi connectivity index (χ4n) is 3.11. The first-order valence-corrected chi connectivity index (χ1v) is 10.0. The Balaban J connectivity index is 2.19. The van der Waals surface area contributed by atoms with E-state index in [1.165, 1.54) is 37.2 Å². The van der Waals surface area contributed by atoms with Crippen LogP contribution in [0.2, 0.25) is 0 Å². The van der Waals surface area contributed by atoms with Gasteiger partial charge in [-0.25, -0.2) is 4.79 Å². The number of amides is 3. The monoisotopic (exact) mass is 432 g/mol. The molecule has 168 valence electrons. The number of likely N-dealkylation sites (N-methyl/N-ethyl adjacent to an activating group) is 2. The largest absolute Gasteiger partial charge is 0.481 e. The molecule has 2 rings (SSSR count). The van der Waals surface area contributed by atoms with Gasteiger partial charge >= 0.3 is 5.97 Å². The Morgan fingerprint density at radius 1 is 1.29 bits per heavy atom. The highest BCUT2D eigenvalue weighted by atomic mass is 16.6. The van der Waals surface area contributed by atoms with Crippen LogP contribution in [0, 0.1) is 0 Å². The van der Waals surface area contributed by atoms with Crippen LogP contribution in [0.3, 0.4) is 0 Å². The summed E-state index contributed by atoms with van der Waals surface area (Å²) < 4.78 is 10.8. The summed E-state index contributed by atoms with van der Waals surface area (Å²) in [7, 11) is 2.82. The molecule has 1 aliphatic heterocycles. The summed E-state index contributed by atoms with van der Waals surface area (Å²) in [6.45, 7) is 5.00. The number of aldehydes is 1. The first-order chi connectivity index (χ1) is 14.5. The van der Waals surface area contributed by atoms with E-state index < -0.39 is 36.0 Å². The third-order valence-corrected chi connectivity index (χ3v) is 5.41. The predicted octanol–water partition coefficient (Wildman–Crippen LogP) is 1.83. The van der Waals surface area contributed by atoms with Crippen molar-refractivity contribution < 1.29 is 33.4 Å². The number of hydrogen-bond donors (Lipinski definition) is 0. The van der Waals surface area contributed by atoms with Gasteiger partial charge in [0.1, 0.15) is 17.4 Å². The lowest BCUT2D eigenvalue weighted by Crippen LogP contribution is -2.53. The van der Waals surface area contributed by atoms with Gasteiger partial charge < -0.3 is 14.4 Å². The minimum Gasteiger partial charge on any atom is -0.481 e. The first-order valence-electron chi connectivity index (χ1n) is 10.0. The van der Waals surface area contributed by atoms with Gasteiger partial charge in [0.05, 0.1) is 11.1 Å². The highest BCUT2D eigenvalue weighted by Crippen LogP contribution is 2.25. The van der Waals surface area contributed by atoms with E-state index in [0.717, 1.165) is 4.90 Å². The molecule has 0 saturated carbocycles. The third-order valence-electron chi connectivity index (χ3n) is 5.41. The van der Waals surface area contributed by atoms with E-state index in [4.69, 9.17) is 9.47 Å². The van der Waals surface area contributed by atoms with E-state index in [1.54, 1.807) is 13.8 Å². The molecule has 0 aromatic heterocycles. The fraction of sp³-hybridized carbons (Fsp3) is 0.500. The summed E-state index contributed by atoms with van der Waals surface area (Å²) >= 11 is 0. The Kier molecular flexibility index (Phi) is 7.54. The van der Waals surface area contributed by atoms with Crippen molar-refractivity contribution in [3.63, 3.8) is 0 Å². The molecule has 1 aromatic rings. The molecule has 0 aliphatic carbocycles. The molecule has 1 atom stereocenters. The molecule has 0 radical (unpaired) electrons. The van der Waals surface area contributed by atoms with E-state index >= 15 is 0 Å². The van der Waals surface area contributed by atoms with Crippen molar-refractivity contribution in [2.75, 3.05) is 20.7 Å². The third kappa shape index (κ3) is 5.48. The normalized spacial score (nSPS) is 16.7. The van der Waals surface area contributed by atoms with Gasteiger partial charge in [-0.05, 0) is 38.8 Å². The molecular weight excluding hydrogens is 404 g/mol. The van der Waals surface area contributed by atoms with Gasteiger partial charge in [-0.1, -0.05) is 13.0 Å². The molecule has 1 aromatic carbocycles. The van der Waals surface area contributed by atoms with Crippen LogP contribution in [0.25, 0.3) is 0 Å². The zero-order valence-corrected chi connectivity index (χ0v) is 18.5. The number of benzene rings is 1. The molecule has 9 nitrogen and oxygen atoms in total. The highest BCUT2D eigenvalue weighted by Gasteiger charge is 2.37. The number of carbonyl (C=O) groups is 5. The second-order valence-electron chi connectivity index (χ2n) is 7.97. The summed E-state index contributed by atoms with van der Waals surface area (Å²) in [5.41, 5.74) is -0.644. The van der Waals surface area contributed by atoms with Crippen LogP contribution < -0.4 is 4.74 Å². The second kappa shape index (κ2) is 9.72. The number of imide groups is 1. The second-order valence-corrected chi connectivity index (χ2v) is 7.97. The number of likely N-dealkylation sites (tertiary alicyclic amines) is 1. The smallest absolute Gasteiger partial charge is 0.344 e. The number of carbonyl (C=O) groups excluding carboxylic acids is 5. The molecule has 1 heterocycles. The van der Waals surface area contributed by atoms with Crippen molar-refractivity contribution in [3.8, 4) is 5.75 Å². The first kappa shape index (κ1) is 24.0. The molecule has 0 spiro atoms. The van der Waals surface area contributed by atoms with Crippen LogP contribution >= 0.6 is 0 Å². The summed E-state index contributed by atoms with van der Waals surface area (Å²) in [6, 6.07) is 3.61. The molecule has 1 unspecified atom stereocenters. The Morgan fingerprint density at radius 3 is 2.58 bits per heavy atom. The van der Waals surface area contributed by atoms with Crippen molar-refractivity contribution in [1.82, 2.24) is 9.80 Å². The maximum absolute atomic E-state index is 13.0. The average Bonchev–Trinajstić information content (AvgIpc) is 2.74. The lowest BCUT2D eigenvalue weighted by molar-refractivity contribution is -0.159. The Morgan fingerprint density at radius 2 is 1.97 bits per heavy atom. The lowest BCUT2D eigenvalue weighted by atomic mass is 10.0. The summed E-state index contributed by atoms with van der Waals surface area (Å²) in [4.78, 5) is 63.1. The standard InChI is InChI=1S/C22H28N2O7/c1-6-22(2,3)31-19(27)13-30-17-9-7-8-14(15(17)12-25)20(28)23(4)16-10-11-18(26)24(5)21(16)29/h7-9,12,16H,6,10-11,13H2,1-5H3. The van der Waals surface area contributed by atoms with Crippen LogP contribution in [-0.4, -0.2) is 72.1 Å². The van der Waals surface area contributed by atoms with Crippen LogP contribution in [0.5, 0.6) is 5.75 Å². The van der Waals surface area contributed by atoms with Crippen molar-refractivity contribution in [3.05, 3.63) is 29.3 Å². The molecular formula is C22H28N2O7. The molecule has 0 N–H and O–H groups in total. The van der Waals surface area contributed by atoms with E-state index in [-0.39, 0.29) is 35.6 Å². The van der Waals surface area contributed by atoms with E-state index in [0.29, 0.717) is 12.7 Å². The lowest BCUT2D eigenvalue weighted by Gasteiger charge is -2.34. The van der Waals surface area contributed by atoms with Crippen molar-refractivity contribution in [2.24, 2.45) is 0 Å². The molecule has 0 bridgehead atoms. The van der Waals surface area contributed by atoms with Gasteiger partial charge in [-0.3, -0.25) is 24.1 Å². The Bertz CT molecular complexity index is 894. The topological polar surface area (TPSA) is 110 Å². The Hall–Kier alpha value is -3.23. The molecule has 31 heavy (non-hydrogen) atoms. The molecule has 1 aliphatic rings. The van der Waals surface area contributed by atoms with Crippen LogP contribution in [0.15, 0.2) is 18.2 Å². The van der Waals surface area contributed by atoms with Crippen LogP contribution in [-0.2, 0) is 19.1 Å². The Labute approximate surface area is 181 Å². The average molecular weight is 432 g/mol. The van der Waals surface area contributed by atoms with Crippen LogP contribution in [0.1, 0.15) is 60.7 Å². The molecule has 3 amide bonds. The van der Waals surface area contributed by atoms with E-state index in [1.807, 2.05) is 6.92 Å². The van der Waals surface area contributed by atoms with Crippen molar-refractivity contribution >= 4 is 30.0 Å². The maximum atomic E-state index is 13.0. The summed E-state index contributed by atoms with van der Waals surface area (Å²) in [6.07, 6.45) is 1.44. The molecule has 1 saturated heterocycles. The molecule has 1 fully saturated rings.